The van der Waals surface area contributed by atoms with Crippen molar-refractivity contribution in [2.45, 2.75) is 65.3 Å². The van der Waals surface area contributed by atoms with Crippen molar-refractivity contribution >= 4 is 16.0 Å². The Morgan fingerprint density at radius 2 is 1.76 bits per heavy atom. The van der Waals surface area contributed by atoms with Crippen LogP contribution in [0, 0.1) is 11.3 Å². The Balaban J connectivity index is 1.82. The third-order valence-electron chi connectivity index (χ3n) is 5.57. The zero-order chi connectivity index (χ0) is 18.5. The summed E-state index contributed by atoms with van der Waals surface area (Å²) in [7, 11) is -3.05. The van der Waals surface area contributed by atoms with Crippen LogP contribution >= 0.6 is 0 Å². The largest absolute Gasteiger partial charge is 0.357 e. The van der Waals surface area contributed by atoms with Gasteiger partial charge in [0.2, 0.25) is 10.0 Å². The topological polar surface area (TPSA) is 73.8 Å². The normalized spacial score (nSPS) is 24.2. The van der Waals surface area contributed by atoms with E-state index in [2.05, 4.69) is 31.4 Å². The van der Waals surface area contributed by atoms with E-state index in [1.807, 2.05) is 0 Å². The van der Waals surface area contributed by atoms with E-state index < -0.39 is 10.0 Å². The lowest BCUT2D eigenvalue weighted by atomic mass is 9.75. The molecule has 0 spiro atoms. The standard InChI is InChI=1S/C18H36N4O2S/c1-5-19-17(21-16-6-10-18(2,3)11-7-16)20-14-15-8-12-22(13-9-15)25(4,23)24/h15-16H,5-14H2,1-4H3,(H2,19,20,21). The molecule has 0 amide bonds. The first-order chi connectivity index (χ1) is 11.7. The molecule has 0 atom stereocenters. The van der Waals surface area contributed by atoms with E-state index in [-0.39, 0.29) is 0 Å². The summed E-state index contributed by atoms with van der Waals surface area (Å²) in [6.45, 7) is 9.67. The van der Waals surface area contributed by atoms with E-state index in [1.165, 1.54) is 31.9 Å². The molecule has 0 aromatic heterocycles. The van der Waals surface area contributed by atoms with Crippen LogP contribution in [-0.2, 0) is 10.0 Å². The SMILES string of the molecule is CCNC(=NCC1CCN(S(C)(=O)=O)CC1)NC1CCC(C)(C)CC1. The number of nitrogens with zero attached hydrogens (tertiary/aromatic N) is 2. The van der Waals surface area contributed by atoms with Crippen molar-refractivity contribution in [2.75, 3.05) is 32.4 Å². The minimum atomic E-state index is -3.05. The zero-order valence-electron chi connectivity index (χ0n) is 16.3. The molecule has 25 heavy (non-hydrogen) atoms. The number of nitrogens with one attached hydrogen (secondary N) is 2. The highest BCUT2D eigenvalue weighted by molar-refractivity contribution is 7.88. The molecule has 146 valence electrons. The molecule has 0 bridgehead atoms. The predicted octanol–water partition coefficient (Wildman–Crippen LogP) is 2.18. The summed E-state index contributed by atoms with van der Waals surface area (Å²) in [6.07, 6.45) is 8.00. The van der Waals surface area contributed by atoms with Gasteiger partial charge < -0.3 is 10.6 Å². The lowest BCUT2D eigenvalue weighted by molar-refractivity contribution is 0.216. The molecule has 2 aliphatic rings. The van der Waals surface area contributed by atoms with Gasteiger partial charge >= 0.3 is 0 Å². The lowest BCUT2D eigenvalue weighted by Gasteiger charge is -2.35. The van der Waals surface area contributed by atoms with Gasteiger partial charge in [-0.3, -0.25) is 4.99 Å². The summed E-state index contributed by atoms with van der Waals surface area (Å²) >= 11 is 0. The summed E-state index contributed by atoms with van der Waals surface area (Å²) in [5.74, 6) is 1.39. The summed E-state index contributed by atoms with van der Waals surface area (Å²) < 4.78 is 24.8. The monoisotopic (exact) mass is 372 g/mol. The highest BCUT2D eigenvalue weighted by Gasteiger charge is 2.27. The van der Waals surface area contributed by atoms with Gasteiger partial charge in [0.15, 0.2) is 5.96 Å². The van der Waals surface area contributed by atoms with E-state index in [0.29, 0.717) is 30.5 Å². The number of aliphatic imine (C=N–C) groups is 1. The molecule has 7 heteroatoms. The Morgan fingerprint density at radius 1 is 1.16 bits per heavy atom. The average molecular weight is 373 g/mol. The number of hydrogen-bond acceptors (Lipinski definition) is 3. The number of guanidine groups is 1. The van der Waals surface area contributed by atoms with E-state index in [4.69, 9.17) is 4.99 Å². The number of sulfonamides is 1. The molecule has 1 saturated carbocycles. The fourth-order valence-electron chi connectivity index (χ4n) is 3.70. The van der Waals surface area contributed by atoms with Crippen LogP contribution in [0.2, 0.25) is 0 Å². The van der Waals surface area contributed by atoms with Crippen LogP contribution in [0.1, 0.15) is 59.3 Å². The second-order valence-corrected chi connectivity index (χ2v) is 10.4. The summed E-state index contributed by atoms with van der Waals surface area (Å²) in [6, 6.07) is 0.512. The summed E-state index contributed by atoms with van der Waals surface area (Å²) in [5.41, 5.74) is 0.473. The van der Waals surface area contributed by atoms with Crippen LogP contribution in [0.3, 0.4) is 0 Å². The Hall–Kier alpha value is -0.820. The Kier molecular flexibility index (Phi) is 7.14. The van der Waals surface area contributed by atoms with Crippen molar-refractivity contribution in [1.29, 1.82) is 0 Å². The van der Waals surface area contributed by atoms with E-state index in [1.54, 1.807) is 4.31 Å². The maximum absolute atomic E-state index is 11.6. The molecule has 1 saturated heterocycles. The van der Waals surface area contributed by atoms with E-state index in [9.17, 15) is 8.42 Å². The lowest BCUT2D eigenvalue weighted by Crippen LogP contribution is -2.46. The number of hydrogen-bond donors (Lipinski definition) is 2. The molecule has 0 aromatic rings. The molecule has 6 nitrogen and oxygen atoms in total. The van der Waals surface area contributed by atoms with Gasteiger partial charge in [-0.2, -0.15) is 0 Å². The predicted molar refractivity (Wildman–Crippen MR) is 104 cm³/mol. The van der Waals surface area contributed by atoms with Gasteiger partial charge in [-0.05, 0) is 56.8 Å². The molecule has 1 heterocycles. The Bertz CT molecular complexity index is 541. The highest BCUT2D eigenvalue weighted by atomic mass is 32.2. The molecule has 1 aliphatic carbocycles. The molecule has 2 fully saturated rings. The van der Waals surface area contributed by atoms with Crippen LogP contribution in [0.25, 0.3) is 0 Å². The first kappa shape index (κ1) is 20.5. The van der Waals surface area contributed by atoms with Gasteiger partial charge in [-0.1, -0.05) is 13.8 Å². The second-order valence-electron chi connectivity index (χ2n) is 8.41. The van der Waals surface area contributed by atoms with E-state index >= 15 is 0 Å². The van der Waals surface area contributed by atoms with E-state index in [0.717, 1.165) is 31.9 Å². The van der Waals surface area contributed by atoms with Gasteiger partial charge in [0, 0.05) is 32.2 Å². The molecular weight excluding hydrogens is 336 g/mol. The number of rotatable bonds is 5. The van der Waals surface area contributed by atoms with Crippen LogP contribution in [0.4, 0.5) is 0 Å². The fraction of sp³-hybridized carbons (Fsp3) is 0.944. The first-order valence-electron chi connectivity index (χ1n) is 9.69. The molecule has 0 unspecified atom stereocenters. The van der Waals surface area contributed by atoms with Gasteiger partial charge in [-0.15, -0.1) is 0 Å². The molecule has 2 N–H and O–H groups in total. The van der Waals surface area contributed by atoms with Gasteiger partial charge in [-0.25, -0.2) is 12.7 Å². The molecule has 0 radical (unpaired) electrons. The summed E-state index contributed by atoms with van der Waals surface area (Å²) in [5, 5.41) is 6.96. The Labute approximate surface area is 153 Å². The van der Waals surface area contributed by atoms with Crippen LogP contribution < -0.4 is 10.6 Å². The van der Waals surface area contributed by atoms with Gasteiger partial charge in [0.25, 0.3) is 0 Å². The second kappa shape index (κ2) is 8.71. The van der Waals surface area contributed by atoms with Crippen molar-refractivity contribution < 1.29 is 8.42 Å². The highest BCUT2D eigenvalue weighted by Crippen LogP contribution is 2.34. The number of piperidine rings is 1. The Morgan fingerprint density at radius 3 is 2.28 bits per heavy atom. The smallest absolute Gasteiger partial charge is 0.211 e. The third kappa shape index (κ3) is 6.77. The third-order valence-corrected chi connectivity index (χ3v) is 6.88. The summed E-state index contributed by atoms with van der Waals surface area (Å²) in [4.78, 5) is 4.78. The molecule has 2 rings (SSSR count). The van der Waals surface area contributed by atoms with Crippen molar-refractivity contribution in [3.63, 3.8) is 0 Å². The van der Waals surface area contributed by atoms with Crippen molar-refractivity contribution in [1.82, 2.24) is 14.9 Å². The molecular formula is C18H36N4O2S. The van der Waals surface area contributed by atoms with Crippen molar-refractivity contribution in [2.24, 2.45) is 16.3 Å². The quantitative estimate of drug-likeness (QED) is 0.573. The van der Waals surface area contributed by atoms with Crippen molar-refractivity contribution in [3.05, 3.63) is 0 Å². The van der Waals surface area contributed by atoms with Crippen LogP contribution in [0.15, 0.2) is 4.99 Å². The maximum Gasteiger partial charge on any atom is 0.211 e. The van der Waals surface area contributed by atoms with Crippen LogP contribution in [-0.4, -0.2) is 57.2 Å². The zero-order valence-corrected chi connectivity index (χ0v) is 17.2. The average Bonchev–Trinajstić information content (AvgIpc) is 2.54. The molecule has 1 aliphatic heterocycles. The van der Waals surface area contributed by atoms with Gasteiger partial charge in [0.1, 0.15) is 0 Å². The van der Waals surface area contributed by atoms with Gasteiger partial charge in [0.05, 0.1) is 6.26 Å². The maximum atomic E-state index is 11.6. The minimum absolute atomic E-state index is 0.471. The van der Waals surface area contributed by atoms with Crippen LogP contribution in [0.5, 0.6) is 0 Å². The minimum Gasteiger partial charge on any atom is -0.357 e. The van der Waals surface area contributed by atoms with Crippen molar-refractivity contribution in [3.8, 4) is 0 Å². The first-order valence-corrected chi connectivity index (χ1v) is 11.5. The fourth-order valence-corrected chi connectivity index (χ4v) is 4.57. The molecule has 0 aromatic carbocycles.